The smallest absolute Gasteiger partial charge is 0.261 e. The van der Waals surface area contributed by atoms with Gasteiger partial charge in [0.2, 0.25) is 0 Å². The zero-order valence-electron chi connectivity index (χ0n) is 13.4. The van der Waals surface area contributed by atoms with Crippen LogP contribution in [0.4, 0.5) is 10.2 Å². The maximum absolute atomic E-state index is 13.7. The Bertz CT molecular complexity index is 835. The Morgan fingerprint density at radius 1 is 1.29 bits per heavy atom. The molecule has 6 nitrogen and oxygen atoms in total. The number of nitrogens with zero attached hydrogens (tertiary/aromatic N) is 3. The van der Waals surface area contributed by atoms with Crippen molar-refractivity contribution in [1.29, 1.82) is 0 Å². The van der Waals surface area contributed by atoms with Crippen LogP contribution in [0.3, 0.4) is 0 Å². The first kappa shape index (κ1) is 16.1. The van der Waals surface area contributed by atoms with Gasteiger partial charge in [-0.15, -0.1) is 0 Å². The number of anilines is 1. The first-order chi connectivity index (χ1) is 11.7. The van der Waals surface area contributed by atoms with E-state index in [2.05, 4.69) is 20.4 Å². The zero-order valence-corrected chi connectivity index (χ0v) is 13.4. The predicted octanol–water partition coefficient (Wildman–Crippen LogP) is 3.34. The molecule has 24 heavy (non-hydrogen) atoms. The number of aromatic nitrogens is 3. The molecule has 0 amide bonds. The van der Waals surface area contributed by atoms with E-state index in [4.69, 9.17) is 9.26 Å². The average molecular weight is 328 g/mol. The van der Waals surface area contributed by atoms with E-state index in [0.717, 1.165) is 11.1 Å². The van der Waals surface area contributed by atoms with E-state index < -0.39 is 0 Å². The van der Waals surface area contributed by atoms with Gasteiger partial charge in [-0.3, -0.25) is 0 Å². The van der Waals surface area contributed by atoms with Crippen molar-refractivity contribution in [2.45, 2.75) is 20.1 Å². The van der Waals surface area contributed by atoms with E-state index in [0.29, 0.717) is 29.6 Å². The molecule has 0 fully saturated rings. The summed E-state index contributed by atoms with van der Waals surface area (Å²) < 4.78 is 23.9. The second kappa shape index (κ2) is 7.18. The number of aryl methyl sites for hydroxylation is 1. The van der Waals surface area contributed by atoms with E-state index in [1.807, 2.05) is 6.07 Å². The van der Waals surface area contributed by atoms with Crippen LogP contribution in [-0.4, -0.2) is 22.2 Å². The number of methoxy groups -OCH3 is 1. The van der Waals surface area contributed by atoms with Crippen molar-refractivity contribution in [3.8, 4) is 11.5 Å². The number of benzene rings is 1. The van der Waals surface area contributed by atoms with Crippen molar-refractivity contribution in [3.05, 3.63) is 59.3 Å². The summed E-state index contributed by atoms with van der Waals surface area (Å²) in [4.78, 5) is 8.54. The van der Waals surface area contributed by atoms with Gasteiger partial charge < -0.3 is 14.6 Å². The largest absolute Gasteiger partial charge is 0.380 e. The number of nitrogens with one attached hydrogen (secondary N) is 1. The molecule has 0 unspecified atom stereocenters. The van der Waals surface area contributed by atoms with Crippen LogP contribution in [-0.2, 0) is 17.9 Å². The summed E-state index contributed by atoms with van der Waals surface area (Å²) in [7, 11) is 1.54. The maximum atomic E-state index is 13.7. The number of ether oxygens (including phenoxy) is 1. The number of pyridine rings is 1. The Morgan fingerprint density at radius 2 is 2.17 bits per heavy atom. The Balaban J connectivity index is 1.79. The Morgan fingerprint density at radius 3 is 2.92 bits per heavy atom. The van der Waals surface area contributed by atoms with Crippen LogP contribution >= 0.6 is 0 Å². The summed E-state index contributed by atoms with van der Waals surface area (Å²) in [5.74, 6) is 1.31. The van der Waals surface area contributed by atoms with E-state index in [9.17, 15) is 4.39 Å². The van der Waals surface area contributed by atoms with Gasteiger partial charge in [-0.25, -0.2) is 9.37 Å². The molecule has 0 radical (unpaired) electrons. The molecule has 0 atom stereocenters. The van der Waals surface area contributed by atoms with Crippen molar-refractivity contribution in [1.82, 2.24) is 15.1 Å². The summed E-state index contributed by atoms with van der Waals surface area (Å²) in [5, 5.41) is 7.02. The normalized spacial score (nSPS) is 10.8. The van der Waals surface area contributed by atoms with Gasteiger partial charge in [0.25, 0.3) is 5.89 Å². The minimum absolute atomic E-state index is 0.232. The molecule has 124 valence electrons. The number of hydrogen-bond acceptors (Lipinski definition) is 6. The van der Waals surface area contributed by atoms with Crippen LogP contribution < -0.4 is 5.32 Å². The molecule has 0 saturated carbocycles. The van der Waals surface area contributed by atoms with Crippen LogP contribution in [0.5, 0.6) is 0 Å². The fraction of sp³-hybridized carbons (Fsp3) is 0.235. The van der Waals surface area contributed by atoms with Crippen LogP contribution in [0.1, 0.15) is 17.0 Å². The molecule has 1 aromatic carbocycles. The highest BCUT2D eigenvalue weighted by molar-refractivity contribution is 5.68. The number of halogens is 1. The van der Waals surface area contributed by atoms with E-state index in [1.165, 1.54) is 13.2 Å². The second-order valence-corrected chi connectivity index (χ2v) is 5.26. The van der Waals surface area contributed by atoms with Gasteiger partial charge in [-0.1, -0.05) is 11.2 Å². The molecule has 1 N–H and O–H groups in total. The molecular weight excluding hydrogens is 311 g/mol. The van der Waals surface area contributed by atoms with Crippen LogP contribution in [0, 0.1) is 12.7 Å². The lowest BCUT2D eigenvalue weighted by atomic mass is 10.1. The summed E-state index contributed by atoms with van der Waals surface area (Å²) in [6.45, 7) is 2.47. The molecule has 0 aliphatic carbocycles. The van der Waals surface area contributed by atoms with E-state index >= 15 is 0 Å². The van der Waals surface area contributed by atoms with Crippen molar-refractivity contribution < 1.29 is 13.7 Å². The molecule has 0 aliphatic heterocycles. The van der Waals surface area contributed by atoms with E-state index in [1.54, 1.807) is 31.3 Å². The Kier molecular flexibility index (Phi) is 4.81. The molecule has 2 heterocycles. The summed E-state index contributed by atoms with van der Waals surface area (Å²) in [6.07, 6.45) is 1.68. The minimum Gasteiger partial charge on any atom is -0.380 e. The molecule has 0 spiro atoms. The van der Waals surface area contributed by atoms with Crippen molar-refractivity contribution >= 4 is 5.82 Å². The quantitative estimate of drug-likeness (QED) is 0.748. The summed E-state index contributed by atoms with van der Waals surface area (Å²) >= 11 is 0. The second-order valence-electron chi connectivity index (χ2n) is 5.26. The van der Waals surface area contributed by atoms with Gasteiger partial charge >= 0.3 is 0 Å². The molecule has 2 aromatic heterocycles. The van der Waals surface area contributed by atoms with Crippen LogP contribution in [0.2, 0.25) is 0 Å². The van der Waals surface area contributed by atoms with Crippen LogP contribution in [0.25, 0.3) is 11.5 Å². The number of rotatable bonds is 6. The lowest BCUT2D eigenvalue weighted by Crippen LogP contribution is -2.04. The highest BCUT2D eigenvalue weighted by Gasteiger charge is 2.12. The van der Waals surface area contributed by atoms with Gasteiger partial charge in [-0.2, -0.15) is 4.98 Å². The van der Waals surface area contributed by atoms with Gasteiger partial charge in [-0.05, 0) is 36.8 Å². The molecule has 0 saturated heterocycles. The Hall–Kier alpha value is -2.80. The molecule has 3 aromatic rings. The average Bonchev–Trinajstić information content (AvgIpc) is 3.02. The summed E-state index contributed by atoms with van der Waals surface area (Å²) in [6, 6.07) is 8.58. The first-order valence-electron chi connectivity index (χ1n) is 7.43. The van der Waals surface area contributed by atoms with Gasteiger partial charge in [0.1, 0.15) is 11.6 Å². The molecular formula is C17H17FN4O2. The topological polar surface area (TPSA) is 73.1 Å². The third-order valence-electron chi connectivity index (χ3n) is 3.44. The maximum Gasteiger partial charge on any atom is 0.261 e. The first-order valence-corrected chi connectivity index (χ1v) is 7.43. The van der Waals surface area contributed by atoms with Crippen molar-refractivity contribution in [2.24, 2.45) is 0 Å². The standard InChI is InChI=1S/C17H17FN4O2/c1-11-21-17(24-22-11)14-4-3-7-19-16(14)20-9-12-5-6-15(18)13(8-12)10-23-2/h3-8H,9-10H2,1-2H3,(H,19,20). The fourth-order valence-electron chi connectivity index (χ4n) is 2.32. The molecule has 0 bridgehead atoms. The van der Waals surface area contributed by atoms with Crippen LogP contribution in [0.15, 0.2) is 41.1 Å². The van der Waals surface area contributed by atoms with Gasteiger partial charge in [0.15, 0.2) is 5.82 Å². The minimum atomic E-state index is -0.277. The van der Waals surface area contributed by atoms with Gasteiger partial charge in [0, 0.05) is 25.4 Å². The lowest BCUT2D eigenvalue weighted by molar-refractivity contribution is 0.181. The third kappa shape index (κ3) is 3.57. The number of hydrogen-bond donors (Lipinski definition) is 1. The van der Waals surface area contributed by atoms with Gasteiger partial charge in [0.05, 0.1) is 12.2 Å². The third-order valence-corrected chi connectivity index (χ3v) is 3.44. The highest BCUT2D eigenvalue weighted by Crippen LogP contribution is 2.24. The fourth-order valence-corrected chi connectivity index (χ4v) is 2.32. The molecule has 0 aliphatic rings. The monoisotopic (exact) mass is 328 g/mol. The SMILES string of the molecule is COCc1cc(CNc2ncccc2-c2nc(C)no2)ccc1F. The predicted molar refractivity (Wildman–Crippen MR) is 86.7 cm³/mol. The lowest BCUT2D eigenvalue weighted by Gasteiger charge is -2.10. The summed E-state index contributed by atoms with van der Waals surface area (Å²) in [5.41, 5.74) is 2.16. The van der Waals surface area contributed by atoms with E-state index in [-0.39, 0.29) is 12.4 Å². The molecule has 7 heteroatoms. The van der Waals surface area contributed by atoms with Crippen molar-refractivity contribution in [2.75, 3.05) is 12.4 Å². The Labute approximate surface area is 138 Å². The molecule has 3 rings (SSSR count). The highest BCUT2D eigenvalue weighted by atomic mass is 19.1. The zero-order chi connectivity index (χ0) is 16.9. The van der Waals surface area contributed by atoms with Crippen molar-refractivity contribution in [3.63, 3.8) is 0 Å².